The average Bonchev–Trinajstić information content (AvgIpc) is 2.16. The fourth-order valence-corrected chi connectivity index (χ4v) is 1.45. The van der Waals surface area contributed by atoms with Crippen LogP contribution >= 0.6 is 0 Å². The number of benzene rings is 1. The molecule has 0 heterocycles. The molecule has 1 nitrogen and oxygen atoms in total. The smallest absolute Gasteiger partial charge is 0.130 e. The van der Waals surface area contributed by atoms with Crippen LogP contribution in [0.5, 0.6) is 5.75 Å². The molecule has 0 atom stereocenters. The van der Waals surface area contributed by atoms with Crippen LogP contribution in [0.1, 0.15) is 25.0 Å². The van der Waals surface area contributed by atoms with Crippen molar-refractivity contribution in [1.82, 2.24) is 0 Å². The van der Waals surface area contributed by atoms with E-state index in [4.69, 9.17) is 4.74 Å². The predicted molar refractivity (Wildman–Crippen MR) is 50.6 cm³/mol. The van der Waals surface area contributed by atoms with Gasteiger partial charge in [0.15, 0.2) is 0 Å². The summed E-state index contributed by atoms with van der Waals surface area (Å²) in [5.74, 6) is 0.900. The summed E-state index contributed by atoms with van der Waals surface area (Å²) in [5.41, 5.74) is 2.66. The van der Waals surface area contributed by atoms with E-state index in [1.807, 2.05) is 6.07 Å². The molecule has 12 heavy (non-hydrogen) atoms. The molecule has 0 unspecified atom stereocenters. The Hall–Kier alpha value is -0.980. The molecule has 0 saturated carbocycles. The van der Waals surface area contributed by atoms with Crippen LogP contribution in [-0.4, -0.2) is 7.11 Å². The van der Waals surface area contributed by atoms with Gasteiger partial charge in [-0.3, -0.25) is 0 Å². The van der Waals surface area contributed by atoms with Gasteiger partial charge < -0.3 is 4.74 Å². The van der Waals surface area contributed by atoms with Crippen molar-refractivity contribution in [2.24, 2.45) is 0 Å². The normalized spacial score (nSPS) is 9.92. The molecule has 0 bridgehead atoms. The first-order valence-corrected chi connectivity index (χ1v) is 4.39. The van der Waals surface area contributed by atoms with Crippen molar-refractivity contribution < 1.29 is 4.74 Å². The molecule has 1 heteroatoms. The van der Waals surface area contributed by atoms with Crippen molar-refractivity contribution in [2.45, 2.75) is 26.7 Å². The van der Waals surface area contributed by atoms with Gasteiger partial charge in [-0.05, 0) is 24.0 Å². The first-order chi connectivity index (χ1) is 5.83. The third-order valence-corrected chi connectivity index (χ3v) is 2.10. The van der Waals surface area contributed by atoms with Crippen LogP contribution < -0.4 is 4.74 Å². The lowest BCUT2D eigenvalue weighted by molar-refractivity contribution is 0.408. The third-order valence-electron chi connectivity index (χ3n) is 2.10. The van der Waals surface area contributed by atoms with E-state index in [0.717, 1.165) is 18.6 Å². The molecule has 0 aliphatic carbocycles. The second-order valence-corrected chi connectivity index (χ2v) is 2.72. The van der Waals surface area contributed by atoms with Crippen molar-refractivity contribution in [3.8, 4) is 5.75 Å². The summed E-state index contributed by atoms with van der Waals surface area (Å²) < 4.78 is 5.22. The van der Waals surface area contributed by atoms with Gasteiger partial charge in [-0.15, -0.1) is 0 Å². The van der Waals surface area contributed by atoms with Gasteiger partial charge in [0.05, 0.1) is 7.11 Å². The van der Waals surface area contributed by atoms with Gasteiger partial charge in [0.2, 0.25) is 0 Å². The minimum absolute atomic E-state index is 0.900. The number of ether oxygens (including phenoxy) is 1. The molecule has 0 fully saturated rings. The van der Waals surface area contributed by atoms with E-state index in [9.17, 15) is 0 Å². The Balaban J connectivity index is 3.13. The van der Waals surface area contributed by atoms with E-state index in [2.05, 4.69) is 26.0 Å². The number of methoxy groups -OCH3 is 1. The first-order valence-electron chi connectivity index (χ1n) is 4.39. The fourth-order valence-electron chi connectivity index (χ4n) is 1.45. The molecular formula is C11H15O. The zero-order valence-corrected chi connectivity index (χ0v) is 7.98. The Bertz CT molecular complexity index is 231. The van der Waals surface area contributed by atoms with E-state index < -0.39 is 0 Å². The Morgan fingerprint density at radius 2 is 2.08 bits per heavy atom. The highest BCUT2D eigenvalue weighted by Crippen LogP contribution is 2.22. The summed E-state index contributed by atoms with van der Waals surface area (Å²) >= 11 is 0. The second-order valence-electron chi connectivity index (χ2n) is 2.72. The van der Waals surface area contributed by atoms with Gasteiger partial charge in [0.1, 0.15) is 5.75 Å². The summed E-state index contributed by atoms with van der Waals surface area (Å²) in [4.78, 5) is 0. The van der Waals surface area contributed by atoms with Gasteiger partial charge in [-0.1, -0.05) is 26.0 Å². The quantitative estimate of drug-likeness (QED) is 0.665. The minimum Gasteiger partial charge on any atom is -0.496 e. The molecule has 0 aromatic heterocycles. The largest absolute Gasteiger partial charge is 0.496 e. The van der Waals surface area contributed by atoms with Crippen molar-refractivity contribution in [2.75, 3.05) is 7.11 Å². The summed E-state index contributed by atoms with van der Waals surface area (Å²) in [7, 11) is 1.70. The Morgan fingerprint density at radius 3 is 2.58 bits per heavy atom. The second kappa shape index (κ2) is 4.15. The van der Waals surface area contributed by atoms with Crippen LogP contribution in [0, 0.1) is 6.07 Å². The van der Waals surface area contributed by atoms with Crippen LogP contribution in [0.25, 0.3) is 0 Å². The molecule has 0 aliphatic heterocycles. The lowest BCUT2D eigenvalue weighted by Crippen LogP contribution is -1.95. The van der Waals surface area contributed by atoms with Gasteiger partial charge in [0.25, 0.3) is 0 Å². The van der Waals surface area contributed by atoms with Crippen molar-refractivity contribution >= 4 is 0 Å². The number of hydrogen-bond donors (Lipinski definition) is 0. The Labute approximate surface area is 74.4 Å². The number of aryl methyl sites for hydroxylation is 1. The SMILES string of the molecule is CCc1cc[c]c(OC)c1CC. The predicted octanol–water partition coefficient (Wildman–Crippen LogP) is 2.62. The van der Waals surface area contributed by atoms with Crippen molar-refractivity contribution in [1.29, 1.82) is 0 Å². The van der Waals surface area contributed by atoms with Crippen molar-refractivity contribution in [3.05, 3.63) is 29.3 Å². The minimum atomic E-state index is 0.900. The molecule has 0 spiro atoms. The zero-order valence-electron chi connectivity index (χ0n) is 7.98. The maximum atomic E-state index is 5.22. The molecule has 1 rings (SSSR count). The fraction of sp³-hybridized carbons (Fsp3) is 0.455. The van der Waals surface area contributed by atoms with Gasteiger partial charge >= 0.3 is 0 Å². The highest BCUT2D eigenvalue weighted by Gasteiger charge is 2.04. The van der Waals surface area contributed by atoms with E-state index in [1.165, 1.54) is 11.1 Å². The lowest BCUT2D eigenvalue weighted by Gasteiger charge is -2.09. The van der Waals surface area contributed by atoms with E-state index in [-0.39, 0.29) is 0 Å². The first kappa shape index (κ1) is 9.11. The van der Waals surface area contributed by atoms with E-state index >= 15 is 0 Å². The van der Waals surface area contributed by atoms with Crippen molar-refractivity contribution in [3.63, 3.8) is 0 Å². The third kappa shape index (κ3) is 1.60. The van der Waals surface area contributed by atoms with E-state index in [0.29, 0.717) is 0 Å². The maximum Gasteiger partial charge on any atom is 0.130 e. The molecular weight excluding hydrogens is 148 g/mol. The summed E-state index contributed by atoms with van der Waals surface area (Å²) in [6.45, 7) is 4.30. The van der Waals surface area contributed by atoms with Crippen LogP contribution in [0.2, 0.25) is 0 Å². The highest BCUT2D eigenvalue weighted by atomic mass is 16.5. The summed E-state index contributed by atoms with van der Waals surface area (Å²) in [6.07, 6.45) is 2.08. The van der Waals surface area contributed by atoms with Crippen LogP contribution in [0.15, 0.2) is 12.1 Å². The van der Waals surface area contributed by atoms with Crippen LogP contribution in [-0.2, 0) is 12.8 Å². The number of hydrogen-bond acceptors (Lipinski definition) is 1. The summed E-state index contributed by atoms with van der Waals surface area (Å²) in [5, 5.41) is 0. The topological polar surface area (TPSA) is 9.23 Å². The maximum absolute atomic E-state index is 5.22. The standard InChI is InChI=1S/C11H15O/c1-4-9-7-6-8-11(12-3)10(9)5-2/h6-7H,4-5H2,1-3H3. The highest BCUT2D eigenvalue weighted by molar-refractivity contribution is 5.39. The molecule has 0 aliphatic rings. The molecule has 0 N–H and O–H groups in total. The lowest BCUT2D eigenvalue weighted by atomic mass is 10.0. The van der Waals surface area contributed by atoms with Gasteiger partial charge in [0, 0.05) is 6.07 Å². The summed E-state index contributed by atoms with van der Waals surface area (Å²) in [6, 6.07) is 7.13. The zero-order chi connectivity index (χ0) is 8.97. The van der Waals surface area contributed by atoms with Gasteiger partial charge in [-0.25, -0.2) is 0 Å². The van der Waals surface area contributed by atoms with Crippen LogP contribution in [0.4, 0.5) is 0 Å². The molecule has 65 valence electrons. The molecule has 0 saturated heterocycles. The Morgan fingerprint density at radius 1 is 1.33 bits per heavy atom. The van der Waals surface area contributed by atoms with E-state index in [1.54, 1.807) is 7.11 Å². The average molecular weight is 163 g/mol. The Kier molecular flexibility index (Phi) is 3.15. The molecule has 1 radical (unpaired) electrons. The molecule has 1 aromatic rings. The molecule has 0 amide bonds. The number of rotatable bonds is 3. The van der Waals surface area contributed by atoms with Gasteiger partial charge in [-0.2, -0.15) is 0 Å². The van der Waals surface area contributed by atoms with Crippen LogP contribution in [0.3, 0.4) is 0 Å². The monoisotopic (exact) mass is 163 g/mol. The molecule has 1 aromatic carbocycles.